The zero-order valence-electron chi connectivity index (χ0n) is 13.4. The van der Waals surface area contributed by atoms with E-state index in [1.807, 2.05) is 31.2 Å². The topological polar surface area (TPSA) is 26.3 Å². The third-order valence-corrected chi connectivity index (χ3v) is 6.84. The first-order valence-corrected chi connectivity index (χ1v) is 9.29. The number of ether oxygens (including phenoxy) is 1. The molecule has 5 rings (SSSR count). The first-order valence-electron chi connectivity index (χ1n) is 8.54. The van der Waals surface area contributed by atoms with E-state index in [-0.39, 0.29) is 22.4 Å². The number of hydrogen-bond acceptors (Lipinski definition) is 2. The monoisotopic (exact) mass is 352 g/mol. The van der Waals surface area contributed by atoms with Gasteiger partial charge in [0.25, 0.3) is 0 Å². The minimum absolute atomic E-state index is 0.0657. The van der Waals surface area contributed by atoms with Crippen molar-refractivity contribution in [1.29, 1.82) is 0 Å². The van der Waals surface area contributed by atoms with Crippen LogP contribution < -0.4 is 0 Å². The smallest absolute Gasteiger partial charge is 0.312 e. The molecule has 0 radical (unpaired) electrons. The number of carbonyl (C=O) groups excluding carboxylic acids is 1. The number of esters is 1. The summed E-state index contributed by atoms with van der Waals surface area (Å²) in [7, 11) is 0. The van der Waals surface area contributed by atoms with Crippen molar-refractivity contribution >= 4 is 29.2 Å². The van der Waals surface area contributed by atoms with Crippen molar-refractivity contribution in [2.45, 2.75) is 56.4 Å². The molecule has 4 aliphatic rings. The van der Waals surface area contributed by atoms with Crippen LogP contribution in [0.15, 0.2) is 24.3 Å². The molecule has 2 unspecified atom stereocenters. The highest BCUT2D eigenvalue weighted by Crippen LogP contribution is 2.64. The summed E-state index contributed by atoms with van der Waals surface area (Å²) < 4.78 is 5.87. The summed E-state index contributed by atoms with van der Waals surface area (Å²) in [5.41, 5.74) is 0.509. The SMILES string of the molecule is C[C@@H](OC(=O)C12C[C@@H]3C[C@@H](CC(Cl)(C3)C1)C2)c1ccccc1Cl. The van der Waals surface area contributed by atoms with E-state index in [0.717, 1.165) is 37.7 Å². The molecule has 4 aliphatic carbocycles. The number of halogens is 2. The fraction of sp³-hybridized carbons (Fsp3) is 0.632. The Hall–Kier alpha value is -0.730. The maximum absolute atomic E-state index is 13.0. The molecule has 4 fully saturated rings. The van der Waals surface area contributed by atoms with Crippen molar-refractivity contribution in [3.05, 3.63) is 34.9 Å². The van der Waals surface area contributed by atoms with E-state index in [0.29, 0.717) is 16.9 Å². The van der Waals surface area contributed by atoms with Gasteiger partial charge in [0.15, 0.2) is 0 Å². The van der Waals surface area contributed by atoms with Gasteiger partial charge in [-0.1, -0.05) is 29.8 Å². The fourth-order valence-electron chi connectivity index (χ4n) is 5.54. The Bertz CT molecular complexity index is 628. The lowest BCUT2D eigenvalue weighted by Crippen LogP contribution is -2.56. The molecule has 1 aromatic carbocycles. The number of rotatable bonds is 3. The van der Waals surface area contributed by atoms with Gasteiger partial charge >= 0.3 is 5.97 Å². The van der Waals surface area contributed by atoms with Crippen LogP contribution in [0.3, 0.4) is 0 Å². The summed E-state index contributed by atoms with van der Waals surface area (Å²) in [6.45, 7) is 1.90. The molecule has 124 valence electrons. The Balaban J connectivity index is 1.54. The Labute approximate surface area is 147 Å². The third kappa shape index (κ3) is 2.68. The minimum Gasteiger partial charge on any atom is -0.457 e. The highest BCUT2D eigenvalue weighted by atomic mass is 35.5. The molecule has 0 saturated heterocycles. The summed E-state index contributed by atoms with van der Waals surface area (Å²) in [6.07, 6.45) is 5.74. The lowest BCUT2D eigenvalue weighted by atomic mass is 9.49. The zero-order chi connectivity index (χ0) is 16.2. The molecule has 0 heterocycles. The van der Waals surface area contributed by atoms with Gasteiger partial charge in [0, 0.05) is 15.5 Å². The Morgan fingerprint density at radius 3 is 2.48 bits per heavy atom. The maximum atomic E-state index is 13.0. The lowest BCUT2D eigenvalue weighted by Gasteiger charge is -2.58. The molecule has 2 nitrogen and oxygen atoms in total. The third-order valence-electron chi connectivity index (χ3n) is 6.05. The first-order chi connectivity index (χ1) is 10.9. The van der Waals surface area contributed by atoms with Crippen molar-refractivity contribution in [3.8, 4) is 0 Å². The Morgan fingerprint density at radius 2 is 1.87 bits per heavy atom. The fourth-order valence-corrected chi connectivity index (χ4v) is 6.53. The number of alkyl halides is 1. The van der Waals surface area contributed by atoms with Crippen LogP contribution in [0.4, 0.5) is 0 Å². The molecule has 4 heteroatoms. The molecular weight excluding hydrogens is 331 g/mol. The maximum Gasteiger partial charge on any atom is 0.312 e. The quantitative estimate of drug-likeness (QED) is 0.528. The van der Waals surface area contributed by atoms with Gasteiger partial charge in [-0.3, -0.25) is 4.79 Å². The van der Waals surface area contributed by atoms with Crippen LogP contribution in [-0.4, -0.2) is 10.8 Å². The molecule has 4 bridgehead atoms. The predicted molar refractivity (Wildman–Crippen MR) is 91.7 cm³/mol. The van der Waals surface area contributed by atoms with Crippen LogP contribution in [0, 0.1) is 17.3 Å². The largest absolute Gasteiger partial charge is 0.457 e. The van der Waals surface area contributed by atoms with Crippen molar-refractivity contribution in [2.24, 2.45) is 17.3 Å². The van der Waals surface area contributed by atoms with E-state index >= 15 is 0 Å². The molecule has 5 atom stereocenters. The molecule has 0 N–H and O–H groups in total. The molecule has 4 saturated carbocycles. The molecule has 0 amide bonds. The van der Waals surface area contributed by atoms with E-state index in [2.05, 4.69) is 0 Å². The number of hydrogen-bond donors (Lipinski definition) is 0. The second-order valence-electron chi connectivity index (χ2n) is 7.96. The molecule has 23 heavy (non-hydrogen) atoms. The van der Waals surface area contributed by atoms with Crippen molar-refractivity contribution < 1.29 is 9.53 Å². The zero-order valence-corrected chi connectivity index (χ0v) is 14.9. The molecule has 0 aromatic heterocycles. The van der Waals surface area contributed by atoms with Gasteiger partial charge in [-0.25, -0.2) is 0 Å². The van der Waals surface area contributed by atoms with Gasteiger partial charge in [0.2, 0.25) is 0 Å². The van der Waals surface area contributed by atoms with Gasteiger partial charge in [-0.2, -0.15) is 0 Å². The van der Waals surface area contributed by atoms with Gasteiger partial charge in [-0.05, 0) is 63.4 Å². The van der Waals surface area contributed by atoms with E-state index in [9.17, 15) is 4.79 Å². The summed E-state index contributed by atoms with van der Waals surface area (Å²) >= 11 is 13.0. The van der Waals surface area contributed by atoms with Crippen LogP contribution in [0.1, 0.15) is 57.1 Å². The second-order valence-corrected chi connectivity index (χ2v) is 9.17. The Kier molecular flexibility index (Phi) is 3.70. The van der Waals surface area contributed by atoms with Gasteiger partial charge in [0.1, 0.15) is 6.10 Å². The second kappa shape index (κ2) is 5.39. The van der Waals surface area contributed by atoms with Gasteiger partial charge in [-0.15, -0.1) is 11.6 Å². The molecule has 0 aliphatic heterocycles. The predicted octanol–water partition coefficient (Wildman–Crippen LogP) is 5.52. The first kappa shape index (κ1) is 15.8. The highest BCUT2D eigenvalue weighted by molar-refractivity contribution is 6.31. The average molecular weight is 353 g/mol. The van der Waals surface area contributed by atoms with Crippen LogP contribution in [-0.2, 0) is 9.53 Å². The van der Waals surface area contributed by atoms with Gasteiger partial charge in [0.05, 0.1) is 5.41 Å². The lowest BCUT2D eigenvalue weighted by molar-refractivity contribution is -0.175. The van der Waals surface area contributed by atoms with Crippen molar-refractivity contribution in [1.82, 2.24) is 0 Å². The summed E-state index contributed by atoms with van der Waals surface area (Å²) in [5, 5.41) is 0.645. The molecular formula is C19H22Cl2O2. The van der Waals surface area contributed by atoms with E-state index in [4.69, 9.17) is 27.9 Å². The normalized spacial score (nSPS) is 39.3. The van der Waals surface area contributed by atoms with Crippen molar-refractivity contribution in [3.63, 3.8) is 0 Å². The van der Waals surface area contributed by atoms with Crippen LogP contribution >= 0.6 is 23.2 Å². The van der Waals surface area contributed by atoms with Crippen LogP contribution in [0.5, 0.6) is 0 Å². The van der Waals surface area contributed by atoms with E-state index in [1.54, 1.807) is 0 Å². The van der Waals surface area contributed by atoms with Crippen molar-refractivity contribution in [2.75, 3.05) is 0 Å². The molecule has 1 aromatic rings. The number of carbonyl (C=O) groups is 1. The number of benzene rings is 1. The minimum atomic E-state index is -0.360. The average Bonchev–Trinajstić information content (AvgIpc) is 2.44. The summed E-state index contributed by atoms with van der Waals surface area (Å²) in [4.78, 5) is 12.8. The van der Waals surface area contributed by atoms with E-state index in [1.165, 1.54) is 6.42 Å². The Morgan fingerprint density at radius 1 is 1.22 bits per heavy atom. The van der Waals surface area contributed by atoms with Crippen LogP contribution in [0.2, 0.25) is 5.02 Å². The standard InChI is InChI=1S/C19H22Cl2O2/c1-12(15-4-2-3-5-16(15)20)23-17(22)18-7-13-6-14(8-18)10-19(21,9-13)11-18/h2-5,12-14H,6-11H2,1H3/t12-,13-,14+,18?,19?/m1/s1. The molecule has 0 spiro atoms. The van der Waals surface area contributed by atoms with E-state index < -0.39 is 0 Å². The van der Waals surface area contributed by atoms with Gasteiger partial charge < -0.3 is 4.74 Å². The highest BCUT2D eigenvalue weighted by Gasteiger charge is 2.61. The summed E-state index contributed by atoms with van der Waals surface area (Å²) in [5.74, 6) is 1.12. The van der Waals surface area contributed by atoms with Crippen LogP contribution in [0.25, 0.3) is 0 Å². The summed E-state index contributed by atoms with van der Waals surface area (Å²) in [6, 6.07) is 7.56.